The molecule has 0 fully saturated rings. The Balaban J connectivity index is 1.37. The smallest absolute Gasteiger partial charge is 0.224 e. The van der Waals surface area contributed by atoms with Gasteiger partial charge in [0.1, 0.15) is 11.3 Å². The quantitative estimate of drug-likeness (QED) is 0.282. The maximum absolute atomic E-state index is 12.2. The van der Waals surface area contributed by atoms with Crippen LogP contribution in [0.5, 0.6) is 0 Å². The van der Waals surface area contributed by atoms with Crippen molar-refractivity contribution in [2.75, 3.05) is 5.32 Å². The Kier molecular flexibility index (Phi) is 5.68. The van der Waals surface area contributed by atoms with Crippen molar-refractivity contribution >= 4 is 33.7 Å². The van der Waals surface area contributed by atoms with Gasteiger partial charge in [0, 0.05) is 53.1 Å². The second-order valence-electron chi connectivity index (χ2n) is 9.00. The fourth-order valence-electron chi connectivity index (χ4n) is 4.41. The summed E-state index contributed by atoms with van der Waals surface area (Å²) in [4.78, 5) is 33.3. The molecule has 6 aromatic rings. The van der Waals surface area contributed by atoms with Crippen molar-refractivity contribution in [3.05, 3.63) is 67.3 Å². The third-order valence-corrected chi connectivity index (χ3v) is 6.28. The molecule has 184 valence electrons. The van der Waals surface area contributed by atoms with Gasteiger partial charge < -0.3 is 14.9 Å². The molecule has 0 atom stereocenters. The van der Waals surface area contributed by atoms with Crippen LogP contribution in [0.3, 0.4) is 0 Å². The fourth-order valence-corrected chi connectivity index (χ4v) is 4.41. The lowest BCUT2D eigenvalue weighted by Crippen LogP contribution is -2.11. The van der Waals surface area contributed by atoms with Crippen molar-refractivity contribution in [1.82, 2.24) is 39.7 Å². The van der Waals surface area contributed by atoms with E-state index in [0.717, 1.165) is 63.2 Å². The normalized spacial score (nSPS) is 11.4. The number of carbonyl (C=O) groups excluding carboxylic acids is 1. The Bertz CT molecular complexity index is 1740. The number of unbranched alkanes of at least 4 members (excludes halogenated alkanes) is 1. The largest absolute Gasteiger partial charge is 0.338 e. The van der Waals surface area contributed by atoms with E-state index in [9.17, 15) is 4.79 Å². The minimum Gasteiger partial charge on any atom is -0.338 e. The predicted molar refractivity (Wildman–Crippen MR) is 142 cm³/mol. The standard InChI is InChI=1S/C27H25N9O/c1-3-4-5-24(37)32-19-8-17(11-28-13-19)18-9-21-25(34-35-27(21)30-12-18)22-10-20-23(6-7-29-26(20)33-22)36-14-16(2)31-15-36/h6-15H,3-5H2,1-2H3,(H,29,33)(H,32,37)(H,30,34,35). The number of aryl methyl sites for hydroxylation is 1. The number of nitrogens with one attached hydrogen (secondary N) is 3. The van der Waals surface area contributed by atoms with Gasteiger partial charge in [-0.1, -0.05) is 13.3 Å². The van der Waals surface area contributed by atoms with Gasteiger partial charge in [0.15, 0.2) is 5.65 Å². The van der Waals surface area contributed by atoms with Crippen LogP contribution in [-0.4, -0.2) is 45.6 Å². The lowest BCUT2D eigenvalue weighted by molar-refractivity contribution is -0.116. The number of imidazole rings is 1. The van der Waals surface area contributed by atoms with Gasteiger partial charge in [-0.3, -0.25) is 14.9 Å². The molecule has 0 aliphatic carbocycles. The summed E-state index contributed by atoms with van der Waals surface area (Å²) in [5.74, 6) is -0.0101. The molecule has 0 aliphatic heterocycles. The Hall–Kier alpha value is -4.86. The molecule has 37 heavy (non-hydrogen) atoms. The van der Waals surface area contributed by atoms with Gasteiger partial charge in [-0.2, -0.15) is 5.10 Å². The number of H-pyrrole nitrogens is 2. The van der Waals surface area contributed by atoms with Crippen molar-refractivity contribution in [3.8, 4) is 28.2 Å². The zero-order valence-electron chi connectivity index (χ0n) is 20.5. The van der Waals surface area contributed by atoms with Crippen LogP contribution in [0.2, 0.25) is 0 Å². The van der Waals surface area contributed by atoms with Gasteiger partial charge in [0.25, 0.3) is 0 Å². The first kappa shape index (κ1) is 22.6. The average Bonchev–Trinajstić information content (AvgIpc) is 3.64. The molecule has 0 aliphatic rings. The van der Waals surface area contributed by atoms with Crippen LogP contribution in [0.15, 0.2) is 61.6 Å². The van der Waals surface area contributed by atoms with Crippen molar-refractivity contribution in [2.45, 2.75) is 33.1 Å². The number of aromatic amines is 2. The van der Waals surface area contributed by atoms with E-state index in [1.807, 2.05) is 42.0 Å². The monoisotopic (exact) mass is 491 g/mol. The molecular weight excluding hydrogens is 466 g/mol. The van der Waals surface area contributed by atoms with Crippen LogP contribution in [0.1, 0.15) is 31.9 Å². The number of fused-ring (bicyclic) bond motifs is 2. The summed E-state index contributed by atoms with van der Waals surface area (Å²) in [6.45, 7) is 4.03. The number of anilines is 1. The highest BCUT2D eigenvalue weighted by atomic mass is 16.1. The summed E-state index contributed by atoms with van der Waals surface area (Å²) >= 11 is 0. The van der Waals surface area contributed by atoms with Gasteiger partial charge >= 0.3 is 0 Å². The highest BCUT2D eigenvalue weighted by molar-refractivity contribution is 5.97. The molecule has 10 heteroatoms. The summed E-state index contributed by atoms with van der Waals surface area (Å²) < 4.78 is 1.99. The van der Waals surface area contributed by atoms with E-state index in [4.69, 9.17) is 0 Å². The van der Waals surface area contributed by atoms with Gasteiger partial charge in [-0.15, -0.1) is 0 Å². The molecule has 0 radical (unpaired) electrons. The maximum atomic E-state index is 12.2. The number of hydrogen-bond acceptors (Lipinski definition) is 6. The minimum absolute atomic E-state index is 0.0101. The van der Waals surface area contributed by atoms with E-state index in [2.05, 4.69) is 47.4 Å². The van der Waals surface area contributed by atoms with E-state index in [-0.39, 0.29) is 5.91 Å². The first-order valence-corrected chi connectivity index (χ1v) is 12.2. The molecule has 6 heterocycles. The molecule has 6 aromatic heterocycles. The number of hydrogen-bond donors (Lipinski definition) is 3. The van der Waals surface area contributed by atoms with E-state index in [1.165, 1.54) is 0 Å². The maximum Gasteiger partial charge on any atom is 0.224 e. The van der Waals surface area contributed by atoms with E-state index in [1.54, 1.807) is 31.1 Å². The Labute approximate surface area is 212 Å². The van der Waals surface area contributed by atoms with E-state index < -0.39 is 0 Å². The number of carbonyl (C=O) groups is 1. The molecule has 0 bridgehead atoms. The lowest BCUT2D eigenvalue weighted by Gasteiger charge is -2.07. The topological polar surface area (TPSA) is 130 Å². The van der Waals surface area contributed by atoms with Crippen molar-refractivity contribution in [1.29, 1.82) is 0 Å². The zero-order valence-corrected chi connectivity index (χ0v) is 20.5. The highest BCUT2D eigenvalue weighted by Crippen LogP contribution is 2.32. The summed E-state index contributed by atoms with van der Waals surface area (Å²) in [5.41, 5.74) is 7.31. The molecule has 3 N–H and O–H groups in total. The number of pyridine rings is 3. The van der Waals surface area contributed by atoms with Crippen molar-refractivity contribution < 1.29 is 4.79 Å². The molecule has 0 spiro atoms. The lowest BCUT2D eigenvalue weighted by atomic mass is 10.1. The molecule has 0 saturated carbocycles. The second kappa shape index (κ2) is 9.30. The Morgan fingerprint density at radius 3 is 2.76 bits per heavy atom. The van der Waals surface area contributed by atoms with Crippen molar-refractivity contribution in [2.24, 2.45) is 0 Å². The van der Waals surface area contributed by atoms with Crippen LogP contribution < -0.4 is 5.32 Å². The van der Waals surface area contributed by atoms with Crippen LogP contribution in [0.25, 0.3) is 50.3 Å². The van der Waals surface area contributed by atoms with Crippen LogP contribution >= 0.6 is 0 Å². The molecule has 1 amide bonds. The number of nitrogens with zero attached hydrogens (tertiary/aromatic N) is 6. The van der Waals surface area contributed by atoms with E-state index in [0.29, 0.717) is 17.8 Å². The third-order valence-electron chi connectivity index (χ3n) is 6.28. The zero-order chi connectivity index (χ0) is 25.4. The van der Waals surface area contributed by atoms with Gasteiger partial charge in [-0.05, 0) is 37.6 Å². The summed E-state index contributed by atoms with van der Waals surface area (Å²) in [7, 11) is 0. The van der Waals surface area contributed by atoms with Crippen LogP contribution in [0, 0.1) is 6.92 Å². The summed E-state index contributed by atoms with van der Waals surface area (Å²) in [6.07, 6.45) is 13.1. The highest BCUT2D eigenvalue weighted by Gasteiger charge is 2.16. The van der Waals surface area contributed by atoms with Gasteiger partial charge in [0.2, 0.25) is 5.91 Å². The molecule has 0 saturated heterocycles. The Morgan fingerprint density at radius 1 is 1.03 bits per heavy atom. The Morgan fingerprint density at radius 2 is 1.92 bits per heavy atom. The first-order valence-electron chi connectivity index (χ1n) is 12.2. The average molecular weight is 492 g/mol. The SMILES string of the molecule is CCCCC(=O)Nc1cncc(-c2cnc3[nH]nc(-c4cc5c(-n6cnc(C)c6)ccnc5[nH]4)c3c2)c1. The first-order chi connectivity index (χ1) is 18.1. The van der Waals surface area contributed by atoms with Gasteiger partial charge in [-0.25, -0.2) is 15.0 Å². The van der Waals surface area contributed by atoms with Crippen LogP contribution in [0.4, 0.5) is 5.69 Å². The van der Waals surface area contributed by atoms with Crippen molar-refractivity contribution in [3.63, 3.8) is 0 Å². The second-order valence-corrected chi connectivity index (χ2v) is 9.00. The number of aromatic nitrogens is 8. The molecule has 6 rings (SSSR count). The van der Waals surface area contributed by atoms with E-state index >= 15 is 0 Å². The molecule has 10 nitrogen and oxygen atoms in total. The molecule has 0 unspecified atom stereocenters. The molecule has 0 aromatic carbocycles. The number of rotatable bonds is 7. The third kappa shape index (κ3) is 4.33. The number of amides is 1. The summed E-state index contributed by atoms with van der Waals surface area (Å²) in [5, 5.41) is 12.3. The minimum atomic E-state index is -0.0101. The fraction of sp³-hybridized carbons (Fsp3) is 0.185. The van der Waals surface area contributed by atoms with Crippen LogP contribution in [-0.2, 0) is 4.79 Å². The predicted octanol–water partition coefficient (Wildman–Crippen LogP) is 5.19. The summed E-state index contributed by atoms with van der Waals surface area (Å²) in [6, 6.07) is 7.94. The molecular formula is C27H25N9O. The van der Waals surface area contributed by atoms with Gasteiger partial charge in [0.05, 0.1) is 35.3 Å².